The molecule has 2 aromatic carbocycles. The summed E-state index contributed by atoms with van der Waals surface area (Å²) in [5.41, 5.74) is 0.877. The van der Waals surface area contributed by atoms with Crippen LogP contribution in [-0.4, -0.2) is 35.9 Å². The molecule has 1 N–H and O–H groups in total. The number of benzene rings is 2. The molecule has 0 bridgehead atoms. The van der Waals surface area contributed by atoms with Gasteiger partial charge in [-0.2, -0.15) is 0 Å². The van der Waals surface area contributed by atoms with Crippen LogP contribution >= 0.6 is 39.1 Å². The first-order chi connectivity index (χ1) is 14.3. The lowest BCUT2D eigenvalue weighted by Gasteiger charge is -2.30. The van der Waals surface area contributed by atoms with Gasteiger partial charge in [0.25, 0.3) is 5.91 Å². The van der Waals surface area contributed by atoms with E-state index < -0.39 is 6.04 Å². The fraction of sp³-hybridized carbons (Fsp3) is 0.364. The summed E-state index contributed by atoms with van der Waals surface area (Å²) in [6, 6.07) is 11.7. The normalized spacial score (nSPS) is 11.6. The molecular formula is C22H25BrCl2N2O3. The molecule has 0 heterocycles. The first-order valence-corrected chi connectivity index (χ1v) is 11.3. The SMILES string of the molecule is CCCNC(=O)[C@H](CC)N(Cc1ccc(Cl)cc1)C(=O)COc1ccc(Cl)cc1Br. The van der Waals surface area contributed by atoms with Crippen molar-refractivity contribution in [3.05, 3.63) is 62.5 Å². The van der Waals surface area contributed by atoms with Gasteiger partial charge in [0, 0.05) is 23.1 Å². The number of ether oxygens (including phenoxy) is 1. The van der Waals surface area contributed by atoms with E-state index >= 15 is 0 Å². The Morgan fingerprint density at radius 1 is 1.10 bits per heavy atom. The van der Waals surface area contributed by atoms with Crippen LogP contribution in [0.2, 0.25) is 10.0 Å². The van der Waals surface area contributed by atoms with Crippen molar-refractivity contribution in [3.8, 4) is 5.75 Å². The Morgan fingerprint density at radius 2 is 1.77 bits per heavy atom. The van der Waals surface area contributed by atoms with Crippen LogP contribution in [-0.2, 0) is 16.1 Å². The molecule has 0 unspecified atom stereocenters. The molecule has 8 heteroatoms. The van der Waals surface area contributed by atoms with Gasteiger partial charge in [0.15, 0.2) is 6.61 Å². The maximum Gasteiger partial charge on any atom is 0.261 e. The van der Waals surface area contributed by atoms with Gasteiger partial charge >= 0.3 is 0 Å². The summed E-state index contributed by atoms with van der Waals surface area (Å²) in [5, 5.41) is 4.06. The van der Waals surface area contributed by atoms with E-state index in [0.717, 1.165) is 12.0 Å². The Morgan fingerprint density at radius 3 is 2.37 bits per heavy atom. The minimum atomic E-state index is -0.600. The summed E-state index contributed by atoms with van der Waals surface area (Å²) >= 11 is 15.3. The van der Waals surface area contributed by atoms with E-state index in [-0.39, 0.29) is 25.0 Å². The van der Waals surface area contributed by atoms with Gasteiger partial charge in [-0.05, 0) is 64.7 Å². The summed E-state index contributed by atoms with van der Waals surface area (Å²) in [5.74, 6) is 0.0438. The number of amides is 2. The highest BCUT2D eigenvalue weighted by molar-refractivity contribution is 9.10. The molecule has 2 rings (SSSR count). The number of rotatable bonds is 10. The number of halogens is 3. The van der Waals surface area contributed by atoms with Crippen molar-refractivity contribution < 1.29 is 14.3 Å². The minimum Gasteiger partial charge on any atom is -0.483 e. The molecule has 0 saturated carbocycles. The quantitative estimate of drug-likeness (QED) is 0.456. The minimum absolute atomic E-state index is 0.172. The number of hydrogen-bond donors (Lipinski definition) is 1. The second kappa shape index (κ2) is 12.2. The maximum atomic E-state index is 13.1. The van der Waals surface area contributed by atoms with Crippen LogP contribution in [0.15, 0.2) is 46.9 Å². The summed E-state index contributed by atoms with van der Waals surface area (Å²) in [6.07, 6.45) is 1.31. The molecule has 0 saturated heterocycles. The van der Waals surface area contributed by atoms with Crippen molar-refractivity contribution in [1.29, 1.82) is 0 Å². The van der Waals surface area contributed by atoms with Crippen molar-refractivity contribution in [2.75, 3.05) is 13.2 Å². The van der Waals surface area contributed by atoms with E-state index in [4.69, 9.17) is 27.9 Å². The molecule has 5 nitrogen and oxygen atoms in total. The molecule has 162 valence electrons. The van der Waals surface area contributed by atoms with Crippen LogP contribution in [0.25, 0.3) is 0 Å². The second-order valence-corrected chi connectivity index (χ2v) is 8.45. The molecule has 0 radical (unpaired) electrons. The van der Waals surface area contributed by atoms with Crippen LogP contribution in [0.4, 0.5) is 0 Å². The fourth-order valence-electron chi connectivity index (χ4n) is 2.89. The summed E-state index contributed by atoms with van der Waals surface area (Å²) in [6.45, 7) is 4.50. The predicted octanol–water partition coefficient (Wildman–Crippen LogP) is 5.47. The average Bonchev–Trinajstić information content (AvgIpc) is 2.72. The van der Waals surface area contributed by atoms with Gasteiger partial charge in [0.2, 0.25) is 5.91 Å². The molecule has 2 aromatic rings. The Hall–Kier alpha value is -1.76. The summed E-state index contributed by atoms with van der Waals surface area (Å²) < 4.78 is 6.35. The Labute approximate surface area is 195 Å². The van der Waals surface area contributed by atoms with E-state index in [2.05, 4.69) is 21.2 Å². The van der Waals surface area contributed by atoms with Crippen molar-refractivity contribution >= 4 is 50.9 Å². The van der Waals surface area contributed by atoms with Crippen molar-refractivity contribution in [1.82, 2.24) is 10.2 Å². The zero-order chi connectivity index (χ0) is 22.1. The second-order valence-electron chi connectivity index (χ2n) is 6.73. The standard InChI is InChI=1S/C22H25BrCl2N2O3/c1-3-11-26-22(29)19(4-2)27(13-15-5-7-16(24)8-6-15)21(28)14-30-20-10-9-17(25)12-18(20)23/h5-10,12,19H,3-4,11,13-14H2,1-2H3,(H,26,29)/t19-/m0/s1. The third-order valence-corrected chi connectivity index (χ3v) is 5.55. The number of nitrogens with zero attached hydrogens (tertiary/aromatic N) is 1. The maximum absolute atomic E-state index is 13.1. The van der Waals surface area contributed by atoms with Crippen molar-refractivity contribution in [2.45, 2.75) is 39.3 Å². The number of nitrogens with one attached hydrogen (secondary N) is 1. The van der Waals surface area contributed by atoms with Gasteiger partial charge in [-0.1, -0.05) is 49.2 Å². The Balaban J connectivity index is 2.20. The molecule has 0 aliphatic rings. The average molecular weight is 516 g/mol. The summed E-state index contributed by atoms with van der Waals surface area (Å²) in [4.78, 5) is 27.4. The van der Waals surface area contributed by atoms with Gasteiger partial charge in [-0.25, -0.2) is 0 Å². The van der Waals surface area contributed by atoms with Crippen LogP contribution in [0.5, 0.6) is 5.75 Å². The van der Waals surface area contributed by atoms with Gasteiger partial charge in [0.1, 0.15) is 11.8 Å². The molecule has 0 aliphatic carbocycles. The molecule has 30 heavy (non-hydrogen) atoms. The molecule has 0 aromatic heterocycles. The first kappa shape index (κ1) is 24.5. The molecule has 0 spiro atoms. The highest BCUT2D eigenvalue weighted by atomic mass is 79.9. The molecule has 2 amide bonds. The molecular weight excluding hydrogens is 491 g/mol. The van der Waals surface area contributed by atoms with Crippen molar-refractivity contribution in [2.24, 2.45) is 0 Å². The van der Waals surface area contributed by atoms with Crippen LogP contribution < -0.4 is 10.1 Å². The van der Waals surface area contributed by atoms with Gasteiger partial charge in [-0.15, -0.1) is 0 Å². The Kier molecular flexibility index (Phi) is 9.95. The highest BCUT2D eigenvalue weighted by Crippen LogP contribution is 2.28. The third-order valence-electron chi connectivity index (χ3n) is 4.45. The van der Waals surface area contributed by atoms with Gasteiger partial charge in [0.05, 0.1) is 4.47 Å². The van der Waals surface area contributed by atoms with Crippen LogP contribution in [0, 0.1) is 0 Å². The molecule has 1 atom stereocenters. The zero-order valence-corrected chi connectivity index (χ0v) is 20.1. The van der Waals surface area contributed by atoms with Crippen LogP contribution in [0.3, 0.4) is 0 Å². The lowest BCUT2D eigenvalue weighted by atomic mass is 10.1. The van der Waals surface area contributed by atoms with E-state index in [0.29, 0.717) is 33.2 Å². The molecule has 0 aliphatic heterocycles. The zero-order valence-electron chi connectivity index (χ0n) is 17.0. The van der Waals surface area contributed by atoms with E-state index in [1.54, 1.807) is 35.2 Å². The van der Waals surface area contributed by atoms with Crippen molar-refractivity contribution in [3.63, 3.8) is 0 Å². The third kappa shape index (κ3) is 7.18. The highest BCUT2D eigenvalue weighted by Gasteiger charge is 2.28. The Bertz CT molecular complexity index is 862. The predicted molar refractivity (Wildman–Crippen MR) is 124 cm³/mol. The van der Waals surface area contributed by atoms with Gasteiger partial charge in [-0.3, -0.25) is 9.59 Å². The van der Waals surface area contributed by atoms with Gasteiger partial charge < -0.3 is 15.0 Å². The largest absolute Gasteiger partial charge is 0.483 e. The smallest absolute Gasteiger partial charge is 0.261 e. The number of hydrogen-bond acceptors (Lipinski definition) is 3. The fourth-order valence-corrected chi connectivity index (χ4v) is 3.81. The lowest BCUT2D eigenvalue weighted by Crippen LogP contribution is -2.50. The molecule has 0 fully saturated rings. The first-order valence-electron chi connectivity index (χ1n) is 9.75. The van der Waals surface area contributed by atoms with Crippen LogP contribution in [0.1, 0.15) is 32.3 Å². The number of carbonyl (C=O) groups excluding carboxylic acids is 2. The topological polar surface area (TPSA) is 58.6 Å². The van der Waals surface area contributed by atoms with E-state index in [9.17, 15) is 9.59 Å². The lowest BCUT2D eigenvalue weighted by molar-refractivity contribution is -0.143. The summed E-state index contributed by atoms with van der Waals surface area (Å²) in [7, 11) is 0. The number of carbonyl (C=O) groups is 2. The van der Waals surface area contributed by atoms with E-state index in [1.165, 1.54) is 0 Å². The van der Waals surface area contributed by atoms with E-state index in [1.807, 2.05) is 26.0 Å². The monoisotopic (exact) mass is 514 g/mol.